The summed E-state index contributed by atoms with van der Waals surface area (Å²) in [6.45, 7) is 7.93. The van der Waals surface area contributed by atoms with Crippen LogP contribution in [0.4, 0.5) is 0 Å². The third kappa shape index (κ3) is 4.37. The van der Waals surface area contributed by atoms with Crippen LogP contribution in [0.1, 0.15) is 0 Å². The largest absolute Gasteiger partial charge is 0.395 e. The first-order valence-corrected chi connectivity index (χ1v) is 5.42. The molecule has 0 amide bonds. The van der Waals surface area contributed by atoms with Gasteiger partial charge in [0.05, 0.1) is 6.61 Å². The maximum absolute atomic E-state index is 8.80. The van der Waals surface area contributed by atoms with Gasteiger partial charge < -0.3 is 10.0 Å². The van der Waals surface area contributed by atoms with Crippen LogP contribution in [0.3, 0.4) is 0 Å². The minimum atomic E-state index is 0.289. The van der Waals surface area contributed by atoms with Gasteiger partial charge in [-0.25, -0.2) is 0 Å². The molecule has 0 saturated carbocycles. The summed E-state index contributed by atoms with van der Waals surface area (Å²) in [6, 6.07) is 0. The molecule has 1 aliphatic rings. The Kier molecular flexibility index (Phi) is 5.40. The van der Waals surface area contributed by atoms with Gasteiger partial charge in [0, 0.05) is 45.8 Å². The van der Waals surface area contributed by atoms with E-state index in [0.717, 1.165) is 39.3 Å². The number of likely N-dealkylation sites (N-methyl/N-ethyl adjacent to an activating group) is 1. The van der Waals surface area contributed by atoms with Crippen molar-refractivity contribution >= 4 is 0 Å². The topological polar surface area (TPSA) is 30.0 Å². The van der Waals surface area contributed by atoms with E-state index in [2.05, 4.69) is 28.8 Å². The highest BCUT2D eigenvalue weighted by atomic mass is 16.3. The van der Waals surface area contributed by atoms with Crippen molar-refractivity contribution in [3.8, 4) is 0 Å². The molecule has 4 heteroatoms. The van der Waals surface area contributed by atoms with E-state index in [1.165, 1.54) is 6.54 Å². The van der Waals surface area contributed by atoms with Gasteiger partial charge in [-0.15, -0.1) is 0 Å². The third-order valence-electron chi connectivity index (χ3n) is 2.74. The molecule has 1 rings (SSSR count). The lowest BCUT2D eigenvalue weighted by molar-refractivity contribution is 0.108. The minimum absolute atomic E-state index is 0.289. The molecule has 1 N–H and O–H groups in total. The Morgan fingerprint density at radius 1 is 1.00 bits per heavy atom. The number of nitrogens with zero attached hydrogens (tertiary/aromatic N) is 3. The molecule has 0 spiro atoms. The molecule has 14 heavy (non-hydrogen) atoms. The number of hydrogen-bond acceptors (Lipinski definition) is 4. The summed E-state index contributed by atoms with van der Waals surface area (Å²) in [4.78, 5) is 7.04. The second kappa shape index (κ2) is 6.35. The van der Waals surface area contributed by atoms with Crippen LogP contribution in [0.5, 0.6) is 0 Å². The van der Waals surface area contributed by atoms with Crippen LogP contribution in [0.25, 0.3) is 0 Å². The molecule has 1 heterocycles. The van der Waals surface area contributed by atoms with E-state index >= 15 is 0 Å². The van der Waals surface area contributed by atoms with Crippen LogP contribution in [0, 0.1) is 0 Å². The molecule has 0 atom stereocenters. The molecule has 0 radical (unpaired) electrons. The molecule has 0 bridgehead atoms. The highest BCUT2D eigenvalue weighted by Gasteiger charge is 2.15. The van der Waals surface area contributed by atoms with Gasteiger partial charge in [0.2, 0.25) is 0 Å². The van der Waals surface area contributed by atoms with Gasteiger partial charge in [-0.3, -0.25) is 9.80 Å². The van der Waals surface area contributed by atoms with Crippen molar-refractivity contribution < 1.29 is 5.11 Å². The monoisotopic (exact) mass is 201 g/mol. The first kappa shape index (κ1) is 11.9. The summed E-state index contributed by atoms with van der Waals surface area (Å²) in [5.74, 6) is 0. The third-order valence-corrected chi connectivity index (χ3v) is 2.74. The second-order valence-corrected chi connectivity index (χ2v) is 4.21. The second-order valence-electron chi connectivity index (χ2n) is 4.21. The predicted octanol–water partition coefficient (Wildman–Crippen LogP) is -0.842. The Balaban J connectivity index is 2.09. The fourth-order valence-electron chi connectivity index (χ4n) is 1.72. The Morgan fingerprint density at radius 2 is 1.50 bits per heavy atom. The van der Waals surface area contributed by atoms with Crippen molar-refractivity contribution in [2.75, 3.05) is 66.5 Å². The Bertz CT molecular complexity index is 144. The molecule has 0 aromatic heterocycles. The molecule has 1 fully saturated rings. The van der Waals surface area contributed by atoms with Gasteiger partial charge in [0.25, 0.3) is 0 Å². The van der Waals surface area contributed by atoms with Gasteiger partial charge in [-0.1, -0.05) is 0 Å². The summed E-state index contributed by atoms with van der Waals surface area (Å²) in [5, 5.41) is 8.80. The average Bonchev–Trinajstić information content (AvgIpc) is 2.17. The van der Waals surface area contributed by atoms with Gasteiger partial charge in [-0.05, 0) is 14.1 Å². The van der Waals surface area contributed by atoms with E-state index in [-0.39, 0.29) is 6.61 Å². The van der Waals surface area contributed by atoms with E-state index in [9.17, 15) is 0 Å². The highest BCUT2D eigenvalue weighted by Crippen LogP contribution is 2.00. The summed E-state index contributed by atoms with van der Waals surface area (Å²) >= 11 is 0. The lowest BCUT2D eigenvalue weighted by atomic mass is 10.3. The van der Waals surface area contributed by atoms with Crippen molar-refractivity contribution in [2.45, 2.75) is 0 Å². The van der Waals surface area contributed by atoms with Crippen LogP contribution in [-0.2, 0) is 0 Å². The number of aliphatic hydroxyl groups excluding tert-OH is 1. The van der Waals surface area contributed by atoms with Gasteiger partial charge in [-0.2, -0.15) is 0 Å². The Morgan fingerprint density at radius 3 is 1.93 bits per heavy atom. The zero-order valence-electron chi connectivity index (χ0n) is 9.45. The fraction of sp³-hybridized carbons (Fsp3) is 1.00. The predicted molar refractivity (Wildman–Crippen MR) is 58.5 cm³/mol. The van der Waals surface area contributed by atoms with E-state index in [1.807, 2.05) is 0 Å². The number of hydrogen-bond donors (Lipinski definition) is 1. The first-order valence-electron chi connectivity index (χ1n) is 5.42. The van der Waals surface area contributed by atoms with Crippen LogP contribution in [0.2, 0.25) is 0 Å². The number of piperazine rings is 1. The molecule has 84 valence electrons. The van der Waals surface area contributed by atoms with Crippen LogP contribution < -0.4 is 0 Å². The first-order chi connectivity index (χ1) is 6.72. The number of aliphatic hydroxyl groups is 1. The number of rotatable bonds is 5. The van der Waals surface area contributed by atoms with E-state index < -0.39 is 0 Å². The van der Waals surface area contributed by atoms with Gasteiger partial charge in [0.15, 0.2) is 0 Å². The zero-order chi connectivity index (χ0) is 10.4. The fourth-order valence-corrected chi connectivity index (χ4v) is 1.72. The summed E-state index contributed by atoms with van der Waals surface area (Å²) in [7, 11) is 4.23. The maximum Gasteiger partial charge on any atom is 0.0558 e. The normalized spacial score (nSPS) is 20.6. The van der Waals surface area contributed by atoms with Crippen LogP contribution in [-0.4, -0.2) is 86.3 Å². The van der Waals surface area contributed by atoms with Crippen molar-refractivity contribution in [3.63, 3.8) is 0 Å². The molecule has 0 aromatic rings. The SMILES string of the molecule is CN(C)CCN1CCN(CCO)CC1. The molecule has 4 nitrogen and oxygen atoms in total. The average molecular weight is 201 g/mol. The zero-order valence-corrected chi connectivity index (χ0v) is 9.45. The van der Waals surface area contributed by atoms with Gasteiger partial charge in [0.1, 0.15) is 0 Å². The smallest absolute Gasteiger partial charge is 0.0558 e. The summed E-state index contributed by atoms with van der Waals surface area (Å²) in [5.41, 5.74) is 0. The van der Waals surface area contributed by atoms with Crippen molar-refractivity contribution in [2.24, 2.45) is 0 Å². The van der Waals surface area contributed by atoms with Crippen LogP contribution >= 0.6 is 0 Å². The summed E-state index contributed by atoms with van der Waals surface area (Å²) < 4.78 is 0. The van der Waals surface area contributed by atoms with E-state index in [4.69, 9.17) is 5.11 Å². The Labute approximate surface area is 87.1 Å². The standard InChI is InChI=1S/C10H23N3O/c1-11(2)3-4-12-5-7-13(8-6-12)9-10-14/h14H,3-10H2,1-2H3. The maximum atomic E-state index is 8.80. The van der Waals surface area contributed by atoms with Crippen molar-refractivity contribution in [1.29, 1.82) is 0 Å². The van der Waals surface area contributed by atoms with Crippen molar-refractivity contribution in [1.82, 2.24) is 14.7 Å². The molecule has 0 aromatic carbocycles. The molecule has 0 unspecified atom stereocenters. The molecule has 1 saturated heterocycles. The molecular formula is C10H23N3O. The summed E-state index contributed by atoms with van der Waals surface area (Å²) in [6.07, 6.45) is 0. The van der Waals surface area contributed by atoms with Crippen molar-refractivity contribution in [3.05, 3.63) is 0 Å². The highest BCUT2D eigenvalue weighted by molar-refractivity contribution is 4.71. The lowest BCUT2D eigenvalue weighted by Crippen LogP contribution is -2.48. The minimum Gasteiger partial charge on any atom is -0.395 e. The molecule has 1 aliphatic heterocycles. The van der Waals surface area contributed by atoms with E-state index in [1.54, 1.807) is 0 Å². The quantitative estimate of drug-likeness (QED) is 0.628. The molecule has 0 aliphatic carbocycles. The lowest BCUT2D eigenvalue weighted by Gasteiger charge is -2.34. The molecular weight excluding hydrogens is 178 g/mol. The Hall–Kier alpha value is -0.160. The van der Waals surface area contributed by atoms with E-state index in [0.29, 0.717) is 0 Å². The van der Waals surface area contributed by atoms with Crippen LogP contribution in [0.15, 0.2) is 0 Å². The van der Waals surface area contributed by atoms with Gasteiger partial charge >= 0.3 is 0 Å². The number of β-amino-alcohol motifs (C(OH)–C–C–N with tert-alkyl or cyclic N) is 1.